The van der Waals surface area contributed by atoms with Gasteiger partial charge in [0.1, 0.15) is 0 Å². The van der Waals surface area contributed by atoms with Crippen LogP contribution in [0.5, 0.6) is 0 Å². The Kier molecular flexibility index (Phi) is 5.94. The second-order valence-electron chi connectivity index (χ2n) is 12.7. The maximum absolute atomic E-state index is 4.77. The van der Waals surface area contributed by atoms with Crippen molar-refractivity contribution in [1.82, 2.24) is 4.98 Å². The fourth-order valence-electron chi connectivity index (χ4n) is 7.89. The average molecular weight is 608 g/mol. The topological polar surface area (TPSA) is 12.9 Å². The monoisotopic (exact) mass is 607 g/mol. The van der Waals surface area contributed by atoms with E-state index in [1.165, 1.54) is 92.5 Å². The quantitative estimate of drug-likeness (QED) is 0.144. The lowest BCUT2D eigenvalue weighted by Gasteiger charge is -2.17. The van der Waals surface area contributed by atoms with E-state index in [1.807, 2.05) is 12.3 Å². The third-order valence-corrected chi connectivity index (χ3v) is 10.1. The summed E-state index contributed by atoms with van der Waals surface area (Å²) in [4.78, 5) is 4.77. The van der Waals surface area contributed by atoms with Gasteiger partial charge in [0.05, 0.1) is 5.69 Å². The van der Waals surface area contributed by atoms with Gasteiger partial charge < -0.3 is 0 Å². The molecule has 48 heavy (non-hydrogen) atoms. The van der Waals surface area contributed by atoms with E-state index in [1.54, 1.807) is 0 Å². The summed E-state index contributed by atoms with van der Waals surface area (Å²) in [5, 5.41) is 15.2. The van der Waals surface area contributed by atoms with Crippen molar-refractivity contribution in [3.8, 4) is 33.5 Å². The molecule has 1 nitrogen and oxygen atoms in total. The van der Waals surface area contributed by atoms with Crippen molar-refractivity contribution < 1.29 is 0 Å². The van der Waals surface area contributed by atoms with E-state index >= 15 is 0 Å². The Bertz CT molecular complexity index is 2790. The van der Waals surface area contributed by atoms with Crippen LogP contribution in [-0.4, -0.2) is 4.98 Å². The minimum absolute atomic E-state index is 0.998. The number of benzene rings is 9. The fourth-order valence-corrected chi connectivity index (χ4v) is 7.89. The largest absolute Gasteiger partial charge is 0.256 e. The first kappa shape index (κ1) is 26.9. The van der Waals surface area contributed by atoms with Crippen LogP contribution in [0, 0.1) is 0 Å². The molecular formula is C47H29N. The third-order valence-electron chi connectivity index (χ3n) is 10.1. The highest BCUT2D eigenvalue weighted by molar-refractivity contribution is 6.26. The van der Waals surface area contributed by atoms with Crippen LogP contribution >= 0.6 is 0 Å². The van der Waals surface area contributed by atoms with E-state index in [2.05, 4.69) is 164 Å². The Balaban J connectivity index is 1.14. The van der Waals surface area contributed by atoms with Gasteiger partial charge in [-0.2, -0.15) is 0 Å². The average Bonchev–Trinajstić information content (AvgIpc) is 3.16. The van der Waals surface area contributed by atoms with Gasteiger partial charge in [-0.25, -0.2) is 0 Å². The minimum Gasteiger partial charge on any atom is -0.256 e. The van der Waals surface area contributed by atoms with Crippen LogP contribution < -0.4 is 0 Å². The molecule has 9 aromatic carbocycles. The molecule has 0 aliphatic carbocycles. The number of hydrogen-bond donors (Lipinski definition) is 0. The predicted octanol–water partition coefficient (Wildman–Crippen LogP) is 13.0. The molecule has 0 spiro atoms. The Hall–Kier alpha value is -6.31. The van der Waals surface area contributed by atoms with Crippen LogP contribution in [0.2, 0.25) is 0 Å². The van der Waals surface area contributed by atoms with Gasteiger partial charge in [-0.05, 0) is 117 Å². The van der Waals surface area contributed by atoms with Gasteiger partial charge >= 0.3 is 0 Å². The highest BCUT2D eigenvalue weighted by Crippen LogP contribution is 2.44. The number of nitrogens with zero attached hydrogens (tertiary/aromatic N) is 1. The summed E-state index contributed by atoms with van der Waals surface area (Å²) in [6.45, 7) is 0. The van der Waals surface area contributed by atoms with Crippen LogP contribution in [0.3, 0.4) is 0 Å². The molecule has 0 atom stereocenters. The molecule has 1 heterocycles. The summed E-state index contributed by atoms with van der Waals surface area (Å²) in [5.41, 5.74) is 7.13. The lowest BCUT2D eigenvalue weighted by Crippen LogP contribution is -1.92. The standard InChI is InChI=1S/C47H29N/c1-2-13-37-35(11-1)36-12-3-4-14-38(36)44-29-33(24-25-39(37)44)31-20-21-32-28-34(23-22-30(32)27-31)46-40-15-5-7-17-42(40)47(45-19-9-10-26-48-45)43-18-8-6-16-41(43)46/h1-29H. The van der Waals surface area contributed by atoms with Crippen molar-refractivity contribution in [3.63, 3.8) is 0 Å². The molecule has 0 bridgehead atoms. The van der Waals surface area contributed by atoms with E-state index in [9.17, 15) is 0 Å². The zero-order valence-electron chi connectivity index (χ0n) is 26.2. The highest BCUT2D eigenvalue weighted by atomic mass is 14.7. The molecule has 222 valence electrons. The van der Waals surface area contributed by atoms with Crippen molar-refractivity contribution in [2.75, 3.05) is 0 Å². The van der Waals surface area contributed by atoms with Gasteiger partial charge in [-0.15, -0.1) is 0 Å². The van der Waals surface area contributed by atoms with E-state index in [-0.39, 0.29) is 0 Å². The zero-order chi connectivity index (χ0) is 31.6. The van der Waals surface area contributed by atoms with Crippen LogP contribution in [0.4, 0.5) is 0 Å². The Morgan fingerprint density at radius 3 is 1.25 bits per heavy atom. The molecule has 10 aromatic rings. The second kappa shape index (κ2) is 10.6. The molecule has 0 amide bonds. The van der Waals surface area contributed by atoms with Gasteiger partial charge in [-0.1, -0.05) is 140 Å². The molecule has 0 N–H and O–H groups in total. The van der Waals surface area contributed by atoms with Crippen molar-refractivity contribution in [3.05, 3.63) is 176 Å². The summed E-state index contributed by atoms with van der Waals surface area (Å²) in [7, 11) is 0. The lowest BCUT2D eigenvalue weighted by molar-refractivity contribution is 1.34. The second-order valence-corrected chi connectivity index (χ2v) is 12.7. The van der Waals surface area contributed by atoms with Crippen LogP contribution in [0.1, 0.15) is 0 Å². The molecule has 0 unspecified atom stereocenters. The first-order chi connectivity index (χ1) is 23.8. The molecule has 0 aliphatic heterocycles. The number of rotatable bonds is 3. The van der Waals surface area contributed by atoms with E-state index in [0.717, 1.165) is 5.69 Å². The molecule has 10 rings (SSSR count). The summed E-state index contributed by atoms with van der Waals surface area (Å²) in [6, 6.07) is 62.0. The molecule has 0 radical (unpaired) electrons. The summed E-state index contributed by atoms with van der Waals surface area (Å²) >= 11 is 0. The van der Waals surface area contributed by atoms with E-state index < -0.39 is 0 Å². The van der Waals surface area contributed by atoms with Crippen molar-refractivity contribution >= 4 is 64.6 Å². The smallest absolute Gasteiger partial charge is 0.0714 e. The Morgan fingerprint density at radius 1 is 0.271 bits per heavy atom. The van der Waals surface area contributed by atoms with Crippen molar-refractivity contribution in [2.45, 2.75) is 0 Å². The van der Waals surface area contributed by atoms with Gasteiger partial charge in [-0.3, -0.25) is 4.98 Å². The van der Waals surface area contributed by atoms with Gasteiger partial charge in [0.2, 0.25) is 0 Å². The summed E-state index contributed by atoms with van der Waals surface area (Å²) in [5.74, 6) is 0. The first-order valence-electron chi connectivity index (χ1n) is 16.5. The summed E-state index contributed by atoms with van der Waals surface area (Å²) in [6.07, 6.45) is 1.88. The van der Waals surface area contributed by atoms with Crippen LogP contribution in [0.25, 0.3) is 98.1 Å². The lowest BCUT2D eigenvalue weighted by atomic mass is 9.86. The third kappa shape index (κ3) is 4.08. The number of hydrogen-bond acceptors (Lipinski definition) is 1. The van der Waals surface area contributed by atoms with Crippen LogP contribution in [-0.2, 0) is 0 Å². The van der Waals surface area contributed by atoms with E-state index in [0.29, 0.717) is 0 Å². The van der Waals surface area contributed by atoms with Crippen molar-refractivity contribution in [1.29, 1.82) is 0 Å². The molecule has 1 heteroatoms. The normalized spacial score (nSPS) is 11.8. The van der Waals surface area contributed by atoms with Crippen molar-refractivity contribution in [2.24, 2.45) is 0 Å². The van der Waals surface area contributed by atoms with Gasteiger partial charge in [0.15, 0.2) is 0 Å². The molecule has 0 saturated carbocycles. The number of fused-ring (bicyclic) bond motifs is 9. The molecule has 1 aromatic heterocycles. The summed E-state index contributed by atoms with van der Waals surface area (Å²) < 4.78 is 0. The van der Waals surface area contributed by atoms with Crippen LogP contribution in [0.15, 0.2) is 176 Å². The molecule has 0 aliphatic rings. The minimum atomic E-state index is 0.998. The van der Waals surface area contributed by atoms with Gasteiger partial charge in [0, 0.05) is 11.8 Å². The SMILES string of the molecule is c1ccc(-c2c3ccccc3c(-c3ccc4cc(-c5ccc6c7ccccc7c7ccccc7c6c5)ccc4c3)c3ccccc23)nc1. The Morgan fingerprint density at radius 2 is 0.688 bits per heavy atom. The molecular weight excluding hydrogens is 579 g/mol. The molecule has 0 saturated heterocycles. The Labute approximate surface area is 278 Å². The van der Waals surface area contributed by atoms with E-state index in [4.69, 9.17) is 4.98 Å². The maximum atomic E-state index is 4.77. The number of pyridine rings is 1. The fraction of sp³-hybridized carbons (Fsp3) is 0. The molecule has 0 fully saturated rings. The maximum Gasteiger partial charge on any atom is 0.0714 e. The first-order valence-corrected chi connectivity index (χ1v) is 16.5. The van der Waals surface area contributed by atoms with Gasteiger partial charge in [0.25, 0.3) is 0 Å². The predicted molar refractivity (Wildman–Crippen MR) is 206 cm³/mol. The zero-order valence-corrected chi connectivity index (χ0v) is 26.2. The number of aromatic nitrogens is 1. The highest BCUT2D eigenvalue weighted by Gasteiger charge is 2.17.